The van der Waals surface area contributed by atoms with Crippen LogP contribution in [0.2, 0.25) is 0 Å². The lowest BCUT2D eigenvalue weighted by Gasteiger charge is -2.19. The van der Waals surface area contributed by atoms with Gasteiger partial charge in [-0.1, -0.05) is 12.1 Å². The van der Waals surface area contributed by atoms with Crippen molar-refractivity contribution >= 4 is 34.9 Å². The smallest absolute Gasteiger partial charge is 0.338 e. The molecule has 0 spiro atoms. The third-order valence-electron chi connectivity index (χ3n) is 6.29. The number of Topliss-reactive ketones (excluding diaryl/α,β-unsaturated/α-hetero) is 1. The molecule has 0 saturated heterocycles. The van der Waals surface area contributed by atoms with Crippen molar-refractivity contribution in [3.05, 3.63) is 94.7 Å². The number of hydrogen-bond acceptors (Lipinski definition) is 9. The molecule has 2 aliphatic heterocycles. The summed E-state index contributed by atoms with van der Waals surface area (Å²) in [5.74, 6) is -1.78. The quantitative estimate of drug-likeness (QED) is 0.219. The van der Waals surface area contributed by atoms with Gasteiger partial charge in [-0.2, -0.15) is 5.26 Å². The van der Waals surface area contributed by atoms with E-state index in [2.05, 4.69) is 0 Å². The number of furan rings is 1. The van der Waals surface area contributed by atoms with Gasteiger partial charge in [-0.25, -0.2) is 4.79 Å². The summed E-state index contributed by atoms with van der Waals surface area (Å²) in [4.78, 5) is 55.5. The van der Waals surface area contributed by atoms with E-state index >= 15 is 0 Å². The number of imide groups is 1. The third kappa shape index (κ3) is 3.92. The van der Waals surface area contributed by atoms with E-state index in [0.29, 0.717) is 11.6 Å². The standard InChI is InChI=1S/C27H20N4O6/c1-29-21-7-3-4-8-22(21)30(2)24(29)20(13-28)23(32)15-37-27(35)16-9-10-18-19(12-16)26(34)31(25(18)33)14-17-6-5-11-36-17/h3-12H,14-15H2,1-2H3. The molecule has 0 bridgehead atoms. The molecule has 10 nitrogen and oxygen atoms in total. The molecule has 0 fully saturated rings. The summed E-state index contributed by atoms with van der Waals surface area (Å²) in [6.45, 7) is -0.705. The number of ketones is 1. The van der Waals surface area contributed by atoms with Crippen LogP contribution in [0, 0.1) is 11.3 Å². The topological polar surface area (TPSA) is 124 Å². The Morgan fingerprint density at radius 3 is 2.24 bits per heavy atom. The second-order valence-corrected chi connectivity index (χ2v) is 8.45. The fourth-order valence-corrected chi connectivity index (χ4v) is 4.46. The van der Waals surface area contributed by atoms with Crippen molar-refractivity contribution < 1.29 is 28.3 Å². The van der Waals surface area contributed by atoms with Crippen LogP contribution in [0.5, 0.6) is 0 Å². The summed E-state index contributed by atoms with van der Waals surface area (Å²) in [7, 11) is 3.48. The molecule has 2 aromatic carbocycles. The first-order valence-corrected chi connectivity index (χ1v) is 11.3. The highest BCUT2D eigenvalue weighted by Crippen LogP contribution is 2.40. The summed E-state index contributed by atoms with van der Waals surface area (Å²) in [5.41, 5.74) is 1.72. The van der Waals surface area contributed by atoms with E-state index in [4.69, 9.17) is 9.15 Å². The number of anilines is 2. The lowest BCUT2D eigenvalue weighted by atomic mass is 10.1. The van der Waals surface area contributed by atoms with Crippen molar-refractivity contribution in [1.29, 1.82) is 5.26 Å². The number of nitriles is 1. The Balaban J connectivity index is 1.31. The molecule has 3 heterocycles. The predicted molar refractivity (Wildman–Crippen MR) is 131 cm³/mol. The lowest BCUT2D eigenvalue weighted by Crippen LogP contribution is -2.28. The first-order valence-electron chi connectivity index (χ1n) is 11.3. The second-order valence-electron chi connectivity index (χ2n) is 8.45. The maximum Gasteiger partial charge on any atom is 0.338 e. The van der Waals surface area contributed by atoms with Crippen LogP contribution in [-0.2, 0) is 16.1 Å². The molecule has 2 aliphatic rings. The third-order valence-corrected chi connectivity index (χ3v) is 6.29. The number of nitrogens with zero attached hydrogens (tertiary/aromatic N) is 4. The number of hydrogen-bond donors (Lipinski definition) is 0. The van der Waals surface area contributed by atoms with E-state index in [1.165, 1.54) is 24.5 Å². The van der Waals surface area contributed by atoms with E-state index in [-0.39, 0.29) is 28.8 Å². The minimum Gasteiger partial charge on any atom is -0.467 e. The number of para-hydroxylation sites is 2. The normalized spacial score (nSPS) is 14.0. The molecule has 3 aromatic rings. The molecule has 184 valence electrons. The highest BCUT2D eigenvalue weighted by molar-refractivity contribution is 6.21. The van der Waals surface area contributed by atoms with Crippen LogP contribution in [0.15, 0.2) is 76.7 Å². The average Bonchev–Trinajstić information content (AvgIpc) is 3.58. The Labute approximate surface area is 211 Å². The minimum atomic E-state index is -0.861. The van der Waals surface area contributed by atoms with Gasteiger partial charge in [-0.3, -0.25) is 19.3 Å². The van der Waals surface area contributed by atoms with E-state index < -0.39 is 30.2 Å². The summed E-state index contributed by atoms with van der Waals surface area (Å²) in [5, 5.41) is 9.73. The van der Waals surface area contributed by atoms with Crippen molar-refractivity contribution in [3.63, 3.8) is 0 Å². The number of rotatable bonds is 6. The number of carbonyl (C=O) groups excluding carboxylic acids is 4. The molecule has 0 N–H and O–H groups in total. The van der Waals surface area contributed by atoms with Gasteiger partial charge in [0, 0.05) is 14.1 Å². The van der Waals surface area contributed by atoms with Crippen LogP contribution in [0.25, 0.3) is 0 Å². The number of ether oxygens (including phenoxy) is 1. The van der Waals surface area contributed by atoms with Gasteiger partial charge in [0.2, 0.25) is 5.78 Å². The molecule has 2 amide bonds. The summed E-state index contributed by atoms with van der Waals surface area (Å²) in [6.07, 6.45) is 1.44. The highest BCUT2D eigenvalue weighted by atomic mass is 16.5. The zero-order valence-corrected chi connectivity index (χ0v) is 19.9. The molecule has 5 rings (SSSR count). The molecule has 37 heavy (non-hydrogen) atoms. The van der Waals surface area contributed by atoms with E-state index in [1.54, 1.807) is 36.0 Å². The number of esters is 1. The van der Waals surface area contributed by atoms with Crippen LogP contribution in [-0.4, -0.2) is 49.2 Å². The van der Waals surface area contributed by atoms with Crippen molar-refractivity contribution in [2.24, 2.45) is 0 Å². The van der Waals surface area contributed by atoms with E-state index in [1.807, 2.05) is 30.3 Å². The molecule has 10 heteroatoms. The second kappa shape index (κ2) is 9.13. The van der Waals surface area contributed by atoms with Crippen LogP contribution >= 0.6 is 0 Å². The highest BCUT2D eigenvalue weighted by Gasteiger charge is 2.37. The largest absolute Gasteiger partial charge is 0.467 e. The van der Waals surface area contributed by atoms with Crippen molar-refractivity contribution in [1.82, 2.24) is 4.90 Å². The van der Waals surface area contributed by atoms with Gasteiger partial charge >= 0.3 is 5.97 Å². The Morgan fingerprint density at radius 1 is 0.946 bits per heavy atom. The Kier molecular flexibility index (Phi) is 5.81. The maximum atomic E-state index is 12.9. The Bertz CT molecular complexity index is 1500. The van der Waals surface area contributed by atoms with Gasteiger partial charge in [0.1, 0.15) is 23.2 Å². The van der Waals surface area contributed by atoms with E-state index in [9.17, 15) is 24.4 Å². The number of fused-ring (bicyclic) bond motifs is 2. The molecular weight excluding hydrogens is 476 g/mol. The Morgan fingerprint density at radius 2 is 1.62 bits per heavy atom. The van der Waals surface area contributed by atoms with Crippen LogP contribution < -0.4 is 9.80 Å². The first-order chi connectivity index (χ1) is 17.8. The van der Waals surface area contributed by atoms with Crippen LogP contribution in [0.4, 0.5) is 11.4 Å². The zero-order chi connectivity index (χ0) is 26.3. The van der Waals surface area contributed by atoms with Gasteiger partial charge in [-0.15, -0.1) is 0 Å². The summed E-state index contributed by atoms with van der Waals surface area (Å²) in [6, 6.07) is 16.7. The van der Waals surface area contributed by atoms with Gasteiger partial charge in [0.15, 0.2) is 6.61 Å². The molecule has 1 aromatic heterocycles. The molecular formula is C27H20N4O6. The minimum absolute atomic E-state index is 0.00113. The molecule has 0 radical (unpaired) electrons. The fourth-order valence-electron chi connectivity index (χ4n) is 4.46. The summed E-state index contributed by atoms with van der Waals surface area (Å²) < 4.78 is 10.4. The fraction of sp³-hybridized carbons (Fsp3) is 0.148. The molecule has 0 aliphatic carbocycles. The molecule has 0 saturated carbocycles. The zero-order valence-electron chi connectivity index (χ0n) is 19.9. The number of amides is 2. The van der Waals surface area contributed by atoms with Gasteiger partial charge in [-0.05, 0) is 42.5 Å². The van der Waals surface area contributed by atoms with E-state index in [0.717, 1.165) is 16.3 Å². The molecule has 0 atom stereocenters. The first kappa shape index (κ1) is 23.6. The SMILES string of the molecule is CN1C(=C(C#N)C(=O)COC(=O)c2ccc3c(c2)C(=O)N(Cc2ccco2)C3=O)N(C)c2ccccc21. The predicted octanol–water partition coefficient (Wildman–Crippen LogP) is 3.12. The van der Waals surface area contributed by atoms with Crippen LogP contribution in [0.1, 0.15) is 36.8 Å². The van der Waals surface area contributed by atoms with Gasteiger partial charge in [0.25, 0.3) is 11.8 Å². The lowest BCUT2D eigenvalue weighted by molar-refractivity contribution is -0.118. The van der Waals surface area contributed by atoms with Crippen molar-refractivity contribution in [3.8, 4) is 6.07 Å². The van der Waals surface area contributed by atoms with Crippen molar-refractivity contribution in [2.45, 2.75) is 6.54 Å². The average molecular weight is 496 g/mol. The maximum absolute atomic E-state index is 12.9. The van der Waals surface area contributed by atoms with Gasteiger partial charge in [0.05, 0.1) is 40.9 Å². The van der Waals surface area contributed by atoms with Gasteiger partial charge < -0.3 is 19.0 Å². The van der Waals surface area contributed by atoms with Crippen molar-refractivity contribution in [2.75, 3.05) is 30.5 Å². The summed E-state index contributed by atoms with van der Waals surface area (Å²) >= 11 is 0. The van der Waals surface area contributed by atoms with Crippen LogP contribution in [0.3, 0.4) is 0 Å². The Hall–Kier alpha value is -5.17. The number of carbonyl (C=O) groups is 4. The monoisotopic (exact) mass is 496 g/mol. The molecule has 0 unspecified atom stereocenters. The number of benzene rings is 2.